The van der Waals surface area contributed by atoms with E-state index >= 15 is 0 Å². The Bertz CT molecular complexity index is 363. The summed E-state index contributed by atoms with van der Waals surface area (Å²) in [5, 5.41) is 3.30. The van der Waals surface area contributed by atoms with Crippen LogP contribution in [0.4, 0.5) is 0 Å². The fourth-order valence-corrected chi connectivity index (χ4v) is 1.76. The van der Waals surface area contributed by atoms with E-state index in [1.807, 2.05) is 6.20 Å². The lowest BCUT2D eigenvalue weighted by atomic mass is 10.1. The van der Waals surface area contributed by atoms with Crippen molar-refractivity contribution in [2.24, 2.45) is 5.92 Å². The molecule has 1 aliphatic heterocycles. The van der Waals surface area contributed by atoms with Crippen LogP contribution in [0.3, 0.4) is 0 Å². The Hall–Kier alpha value is -1.16. The van der Waals surface area contributed by atoms with Crippen molar-refractivity contribution in [2.45, 2.75) is 25.8 Å². The first-order valence-electron chi connectivity index (χ1n) is 5.60. The molecular formula is C11H15N3O. The van der Waals surface area contributed by atoms with Crippen molar-refractivity contribution in [1.29, 1.82) is 0 Å². The molecule has 0 bridgehead atoms. The standard InChI is InChI=1S/C11H15N3O/c1-2-8(1)7-15-11-13-5-9-3-4-12-6-10(9)14-11/h5,8,12H,1-4,6-7H2. The summed E-state index contributed by atoms with van der Waals surface area (Å²) < 4.78 is 5.55. The van der Waals surface area contributed by atoms with Crippen LogP contribution in [0, 0.1) is 5.92 Å². The van der Waals surface area contributed by atoms with Crippen molar-refractivity contribution in [3.63, 3.8) is 0 Å². The normalized spacial score (nSPS) is 19.7. The van der Waals surface area contributed by atoms with Gasteiger partial charge in [0, 0.05) is 12.7 Å². The first kappa shape index (κ1) is 9.09. The summed E-state index contributed by atoms with van der Waals surface area (Å²) in [4.78, 5) is 8.65. The average Bonchev–Trinajstić information content (AvgIpc) is 3.10. The maximum Gasteiger partial charge on any atom is 0.316 e. The van der Waals surface area contributed by atoms with E-state index in [2.05, 4.69) is 15.3 Å². The van der Waals surface area contributed by atoms with Crippen molar-refractivity contribution in [3.05, 3.63) is 17.5 Å². The van der Waals surface area contributed by atoms with Gasteiger partial charge in [0.05, 0.1) is 12.3 Å². The van der Waals surface area contributed by atoms with Crippen LogP contribution in [0.1, 0.15) is 24.1 Å². The molecule has 2 heterocycles. The van der Waals surface area contributed by atoms with Crippen LogP contribution < -0.4 is 10.1 Å². The summed E-state index contributed by atoms with van der Waals surface area (Å²) in [5.74, 6) is 0.753. The van der Waals surface area contributed by atoms with Gasteiger partial charge in [0.15, 0.2) is 0 Å². The smallest absolute Gasteiger partial charge is 0.316 e. The molecule has 1 aliphatic carbocycles. The molecule has 1 fully saturated rings. The van der Waals surface area contributed by atoms with Gasteiger partial charge >= 0.3 is 6.01 Å². The van der Waals surface area contributed by atoms with Crippen LogP contribution in [-0.4, -0.2) is 23.1 Å². The summed E-state index contributed by atoms with van der Waals surface area (Å²) in [6.07, 6.45) is 5.53. The Labute approximate surface area is 89.1 Å². The molecule has 2 aliphatic rings. The van der Waals surface area contributed by atoms with Gasteiger partial charge in [-0.3, -0.25) is 0 Å². The van der Waals surface area contributed by atoms with Crippen molar-refractivity contribution >= 4 is 0 Å². The molecular weight excluding hydrogens is 190 g/mol. The Kier molecular flexibility index (Phi) is 2.29. The molecule has 1 aromatic rings. The zero-order valence-corrected chi connectivity index (χ0v) is 8.70. The number of nitrogens with zero attached hydrogens (tertiary/aromatic N) is 2. The van der Waals surface area contributed by atoms with Gasteiger partial charge in [-0.25, -0.2) is 4.98 Å². The SMILES string of the molecule is c1nc(OCC2CC2)nc2c1CCNC2. The van der Waals surface area contributed by atoms with Crippen LogP contribution >= 0.6 is 0 Å². The summed E-state index contributed by atoms with van der Waals surface area (Å²) >= 11 is 0. The van der Waals surface area contributed by atoms with Gasteiger partial charge in [0.2, 0.25) is 0 Å². The number of ether oxygens (including phenoxy) is 1. The van der Waals surface area contributed by atoms with E-state index in [1.165, 1.54) is 18.4 Å². The van der Waals surface area contributed by atoms with Crippen molar-refractivity contribution in [2.75, 3.05) is 13.2 Å². The topological polar surface area (TPSA) is 47.0 Å². The van der Waals surface area contributed by atoms with Gasteiger partial charge in [-0.05, 0) is 37.3 Å². The van der Waals surface area contributed by atoms with E-state index in [0.717, 1.165) is 37.7 Å². The molecule has 4 nitrogen and oxygen atoms in total. The van der Waals surface area contributed by atoms with Crippen LogP contribution in [0.5, 0.6) is 6.01 Å². The van der Waals surface area contributed by atoms with Gasteiger partial charge in [0.1, 0.15) is 0 Å². The van der Waals surface area contributed by atoms with Gasteiger partial charge in [-0.1, -0.05) is 0 Å². The third kappa shape index (κ3) is 2.09. The summed E-state index contributed by atoms with van der Waals surface area (Å²) in [5.41, 5.74) is 2.36. The Balaban J connectivity index is 1.71. The second kappa shape index (κ2) is 3.77. The molecule has 3 rings (SSSR count). The van der Waals surface area contributed by atoms with Crippen molar-refractivity contribution in [1.82, 2.24) is 15.3 Å². The molecule has 15 heavy (non-hydrogen) atoms. The highest BCUT2D eigenvalue weighted by molar-refractivity contribution is 5.21. The second-order valence-electron chi connectivity index (χ2n) is 4.31. The summed E-state index contributed by atoms with van der Waals surface area (Å²) in [7, 11) is 0. The van der Waals surface area contributed by atoms with E-state index < -0.39 is 0 Å². The summed E-state index contributed by atoms with van der Waals surface area (Å²) in [6, 6.07) is 0.546. The van der Waals surface area contributed by atoms with E-state index in [4.69, 9.17) is 4.74 Å². The highest BCUT2D eigenvalue weighted by atomic mass is 16.5. The molecule has 0 amide bonds. The monoisotopic (exact) mass is 205 g/mol. The molecule has 1 N–H and O–H groups in total. The van der Waals surface area contributed by atoms with Crippen LogP contribution in [0.2, 0.25) is 0 Å². The molecule has 4 heteroatoms. The highest BCUT2D eigenvalue weighted by Crippen LogP contribution is 2.29. The molecule has 0 radical (unpaired) electrons. The molecule has 0 unspecified atom stereocenters. The lowest BCUT2D eigenvalue weighted by Crippen LogP contribution is -2.25. The predicted molar refractivity (Wildman–Crippen MR) is 55.7 cm³/mol. The van der Waals surface area contributed by atoms with Crippen LogP contribution in [0.25, 0.3) is 0 Å². The summed E-state index contributed by atoms with van der Waals surface area (Å²) in [6.45, 7) is 2.66. The Morgan fingerprint density at radius 2 is 2.40 bits per heavy atom. The molecule has 0 saturated heterocycles. The Morgan fingerprint density at radius 1 is 1.47 bits per heavy atom. The minimum atomic E-state index is 0.546. The number of rotatable bonds is 3. The molecule has 1 saturated carbocycles. The molecule has 0 aromatic carbocycles. The zero-order chi connectivity index (χ0) is 10.1. The minimum Gasteiger partial charge on any atom is -0.463 e. The third-order valence-electron chi connectivity index (χ3n) is 2.94. The number of hydrogen-bond donors (Lipinski definition) is 1. The van der Waals surface area contributed by atoms with Gasteiger partial charge < -0.3 is 10.1 Å². The minimum absolute atomic E-state index is 0.546. The van der Waals surface area contributed by atoms with E-state index in [1.54, 1.807) is 0 Å². The number of fused-ring (bicyclic) bond motifs is 1. The first-order chi connectivity index (χ1) is 7.42. The first-order valence-corrected chi connectivity index (χ1v) is 5.60. The number of nitrogens with one attached hydrogen (secondary N) is 1. The average molecular weight is 205 g/mol. The quantitative estimate of drug-likeness (QED) is 0.796. The lowest BCUT2D eigenvalue weighted by molar-refractivity contribution is 0.274. The fraction of sp³-hybridized carbons (Fsp3) is 0.636. The van der Waals surface area contributed by atoms with Crippen LogP contribution in [0.15, 0.2) is 6.20 Å². The highest BCUT2D eigenvalue weighted by Gasteiger charge is 2.22. The van der Waals surface area contributed by atoms with E-state index in [9.17, 15) is 0 Å². The third-order valence-corrected chi connectivity index (χ3v) is 2.94. The van der Waals surface area contributed by atoms with Crippen molar-refractivity contribution in [3.8, 4) is 6.01 Å². The maximum atomic E-state index is 5.55. The fourth-order valence-electron chi connectivity index (χ4n) is 1.76. The van der Waals surface area contributed by atoms with E-state index in [0.29, 0.717) is 6.01 Å². The molecule has 80 valence electrons. The van der Waals surface area contributed by atoms with Gasteiger partial charge in [-0.15, -0.1) is 0 Å². The van der Waals surface area contributed by atoms with Gasteiger partial charge in [-0.2, -0.15) is 4.98 Å². The van der Waals surface area contributed by atoms with Gasteiger partial charge in [0.25, 0.3) is 0 Å². The van der Waals surface area contributed by atoms with Crippen molar-refractivity contribution < 1.29 is 4.74 Å². The lowest BCUT2D eigenvalue weighted by Gasteiger charge is -2.15. The van der Waals surface area contributed by atoms with Crippen LogP contribution in [-0.2, 0) is 13.0 Å². The molecule has 1 aromatic heterocycles. The molecule has 0 atom stereocenters. The largest absolute Gasteiger partial charge is 0.463 e. The predicted octanol–water partition coefficient (Wildman–Crippen LogP) is 0.911. The maximum absolute atomic E-state index is 5.55. The number of aromatic nitrogens is 2. The van der Waals surface area contributed by atoms with E-state index in [-0.39, 0.29) is 0 Å². The second-order valence-corrected chi connectivity index (χ2v) is 4.31. The molecule has 0 spiro atoms. The number of hydrogen-bond acceptors (Lipinski definition) is 4. The zero-order valence-electron chi connectivity index (χ0n) is 8.70. The Morgan fingerprint density at radius 3 is 3.27 bits per heavy atom.